The van der Waals surface area contributed by atoms with E-state index in [0.717, 1.165) is 23.1 Å². The van der Waals surface area contributed by atoms with Gasteiger partial charge in [-0.25, -0.2) is 9.38 Å². The third-order valence-corrected chi connectivity index (χ3v) is 7.03. The molecule has 0 N–H and O–H groups in total. The summed E-state index contributed by atoms with van der Waals surface area (Å²) in [7, 11) is 0. The molecule has 4 nitrogen and oxygen atoms in total. The van der Waals surface area contributed by atoms with Gasteiger partial charge in [-0.2, -0.15) is 13.2 Å². The Bertz CT molecular complexity index is 1200. The smallest absolute Gasteiger partial charge is 0.316 e. The van der Waals surface area contributed by atoms with E-state index in [1.54, 1.807) is 12.1 Å². The van der Waals surface area contributed by atoms with Gasteiger partial charge in [0.2, 0.25) is 0 Å². The molecule has 3 aromatic rings. The molecule has 2 heterocycles. The summed E-state index contributed by atoms with van der Waals surface area (Å²) >= 11 is 7.27. The van der Waals surface area contributed by atoms with Crippen molar-refractivity contribution < 1.29 is 22.4 Å². The summed E-state index contributed by atoms with van der Waals surface area (Å²) in [6, 6.07) is 10.8. The first kappa shape index (κ1) is 23.9. The maximum absolute atomic E-state index is 13.1. The number of carbonyl (C=O) groups is 1. The molecule has 2 aromatic carbocycles. The number of piperidine rings is 1. The first-order valence-corrected chi connectivity index (χ1v) is 11.7. The molecule has 0 unspecified atom stereocenters. The van der Waals surface area contributed by atoms with Gasteiger partial charge in [-0.05, 0) is 74.3 Å². The molecule has 1 aromatic heterocycles. The molecule has 10 heteroatoms. The molecular weight excluding hydrogens is 478 g/mol. The number of aromatic nitrogens is 1. The van der Waals surface area contributed by atoms with Gasteiger partial charge in [0.1, 0.15) is 12.4 Å². The number of thiazole rings is 1. The van der Waals surface area contributed by atoms with Crippen molar-refractivity contribution in [1.82, 2.24) is 9.47 Å². The van der Waals surface area contributed by atoms with Gasteiger partial charge in [0.25, 0.3) is 0 Å². The monoisotopic (exact) mass is 499 g/mol. The number of Topliss-reactive ketones (excluding diaryl/α,β-unsaturated/α-hetero) is 1. The Morgan fingerprint density at radius 3 is 2.48 bits per heavy atom. The molecule has 1 fully saturated rings. The first-order chi connectivity index (χ1) is 15.7. The second-order valence-electron chi connectivity index (χ2n) is 8.19. The zero-order valence-electron chi connectivity index (χ0n) is 17.6. The van der Waals surface area contributed by atoms with E-state index in [9.17, 15) is 22.4 Å². The lowest BCUT2D eigenvalue weighted by Crippen LogP contribution is -2.39. The Balaban J connectivity index is 1.44. The molecule has 1 aliphatic rings. The van der Waals surface area contributed by atoms with Crippen molar-refractivity contribution in [2.24, 2.45) is 10.9 Å². The van der Waals surface area contributed by atoms with Crippen LogP contribution < -0.4 is 4.80 Å². The number of carbonyl (C=O) groups excluding carboxylic acids is 1. The van der Waals surface area contributed by atoms with Crippen molar-refractivity contribution in [3.63, 3.8) is 0 Å². The highest BCUT2D eigenvalue weighted by atomic mass is 35.5. The van der Waals surface area contributed by atoms with Crippen LogP contribution in [0.4, 0.5) is 17.6 Å². The van der Waals surface area contributed by atoms with E-state index in [2.05, 4.69) is 9.89 Å². The zero-order chi connectivity index (χ0) is 23.6. The Labute approximate surface area is 197 Å². The van der Waals surface area contributed by atoms with E-state index in [1.165, 1.54) is 35.6 Å². The fourth-order valence-electron chi connectivity index (χ4n) is 4.02. The number of ketones is 1. The van der Waals surface area contributed by atoms with Gasteiger partial charge < -0.3 is 4.57 Å². The van der Waals surface area contributed by atoms with Crippen LogP contribution >= 0.6 is 22.9 Å². The second-order valence-corrected chi connectivity index (χ2v) is 9.63. The summed E-state index contributed by atoms with van der Waals surface area (Å²) in [5.74, 6) is -0.188. The number of likely N-dealkylation sites (tertiary alicyclic amines) is 1. The van der Waals surface area contributed by atoms with E-state index in [-0.39, 0.29) is 24.1 Å². The SMILES string of the molecule is O=C(CN1CCC(Cn2c(=NCC(F)(F)F)sc3cc(Cl)ccc32)CC1)c1ccc(F)cc1. The molecule has 0 spiro atoms. The van der Waals surface area contributed by atoms with Gasteiger partial charge in [0.05, 0.1) is 16.8 Å². The fourth-order valence-corrected chi connectivity index (χ4v) is 5.33. The lowest BCUT2D eigenvalue weighted by Gasteiger charge is -2.31. The minimum Gasteiger partial charge on any atom is -0.316 e. The number of nitrogens with zero attached hydrogens (tertiary/aromatic N) is 3. The molecule has 0 radical (unpaired) electrons. The van der Waals surface area contributed by atoms with Crippen LogP contribution in [0.15, 0.2) is 47.5 Å². The molecule has 1 aliphatic heterocycles. The summed E-state index contributed by atoms with van der Waals surface area (Å²) in [6.45, 7) is 1.01. The third kappa shape index (κ3) is 6.22. The van der Waals surface area contributed by atoms with Crippen LogP contribution in [0.25, 0.3) is 10.2 Å². The Morgan fingerprint density at radius 2 is 1.82 bits per heavy atom. The summed E-state index contributed by atoms with van der Waals surface area (Å²) in [5.41, 5.74) is 1.30. The van der Waals surface area contributed by atoms with Crippen LogP contribution in [0.1, 0.15) is 23.2 Å². The molecule has 176 valence electrons. The molecular formula is C23H22ClF4N3OS. The molecule has 4 rings (SSSR count). The molecule has 0 saturated carbocycles. The quantitative estimate of drug-likeness (QED) is 0.329. The van der Waals surface area contributed by atoms with E-state index in [1.807, 2.05) is 10.6 Å². The summed E-state index contributed by atoms with van der Waals surface area (Å²) in [5, 5.41) is 0.525. The van der Waals surface area contributed by atoms with Gasteiger partial charge in [-0.1, -0.05) is 22.9 Å². The van der Waals surface area contributed by atoms with Crippen LogP contribution in [0.5, 0.6) is 0 Å². The number of fused-ring (bicyclic) bond motifs is 1. The predicted molar refractivity (Wildman–Crippen MR) is 121 cm³/mol. The minimum absolute atomic E-state index is 0.0585. The van der Waals surface area contributed by atoms with Gasteiger partial charge >= 0.3 is 6.18 Å². The molecule has 1 saturated heterocycles. The van der Waals surface area contributed by atoms with Crippen molar-refractivity contribution in [1.29, 1.82) is 0 Å². The van der Waals surface area contributed by atoms with Crippen LogP contribution in [0.3, 0.4) is 0 Å². The average Bonchev–Trinajstić information content (AvgIpc) is 3.10. The van der Waals surface area contributed by atoms with Crippen molar-refractivity contribution in [3.8, 4) is 0 Å². The zero-order valence-corrected chi connectivity index (χ0v) is 19.2. The number of hydrogen-bond acceptors (Lipinski definition) is 4. The Kier molecular flexibility index (Phi) is 7.21. The van der Waals surface area contributed by atoms with E-state index in [4.69, 9.17) is 11.6 Å². The van der Waals surface area contributed by atoms with Crippen molar-refractivity contribution in [2.45, 2.75) is 25.6 Å². The van der Waals surface area contributed by atoms with Crippen LogP contribution in [0.2, 0.25) is 5.02 Å². The van der Waals surface area contributed by atoms with Crippen molar-refractivity contribution in [3.05, 3.63) is 63.7 Å². The van der Waals surface area contributed by atoms with E-state index < -0.39 is 12.7 Å². The van der Waals surface area contributed by atoms with Crippen LogP contribution in [-0.4, -0.2) is 47.6 Å². The summed E-state index contributed by atoms with van der Waals surface area (Å²) in [6.07, 6.45) is -2.74. The van der Waals surface area contributed by atoms with Gasteiger partial charge in [0, 0.05) is 17.1 Å². The number of halogens is 5. The normalized spacial score (nSPS) is 16.6. The molecule has 0 bridgehead atoms. The Morgan fingerprint density at radius 1 is 1.12 bits per heavy atom. The average molecular weight is 500 g/mol. The van der Waals surface area contributed by atoms with Gasteiger partial charge in [-0.15, -0.1) is 0 Å². The highest BCUT2D eigenvalue weighted by molar-refractivity contribution is 7.16. The van der Waals surface area contributed by atoms with Crippen molar-refractivity contribution in [2.75, 3.05) is 26.2 Å². The number of alkyl halides is 3. The lowest BCUT2D eigenvalue weighted by atomic mass is 9.96. The topological polar surface area (TPSA) is 37.6 Å². The standard InChI is InChI=1S/C23H22ClF4N3OS/c24-17-3-6-19-21(11-17)33-22(29-14-23(26,27)28)31(19)12-15-7-9-30(10-8-15)13-20(32)16-1-4-18(25)5-2-16/h1-6,11,15H,7-10,12-14H2. The van der Waals surface area contributed by atoms with E-state index >= 15 is 0 Å². The number of hydrogen-bond donors (Lipinski definition) is 0. The number of rotatable bonds is 6. The molecule has 33 heavy (non-hydrogen) atoms. The molecule has 0 atom stereocenters. The maximum Gasteiger partial charge on any atom is 0.408 e. The maximum atomic E-state index is 13.1. The lowest BCUT2D eigenvalue weighted by molar-refractivity contribution is -0.118. The van der Waals surface area contributed by atoms with Gasteiger partial charge in [-0.3, -0.25) is 9.69 Å². The predicted octanol–water partition coefficient (Wildman–Crippen LogP) is 5.55. The largest absolute Gasteiger partial charge is 0.408 e. The van der Waals surface area contributed by atoms with Crippen LogP contribution in [0, 0.1) is 11.7 Å². The van der Waals surface area contributed by atoms with Gasteiger partial charge in [0.15, 0.2) is 10.6 Å². The highest BCUT2D eigenvalue weighted by Crippen LogP contribution is 2.26. The minimum atomic E-state index is -4.37. The Hall–Kier alpha value is -2.23. The van der Waals surface area contributed by atoms with Crippen LogP contribution in [-0.2, 0) is 6.54 Å². The number of benzene rings is 2. The fraction of sp³-hybridized carbons (Fsp3) is 0.391. The van der Waals surface area contributed by atoms with E-state index in [0.29, 0.717) is 35.0 Å². The third-order valence-electron chi connectivity index (χ3n) is 5.72. The van der Waals surface area contributed by atoms with Crippen molar-refractivity contribution >= 4 is 38.9 Å². The summed E-state index contributed by atoms with van der Waals surface area (Å²) < 4.78 is 54.0. The highest BCUT2D eigenvalue weighted by Gasteiger charge is 2.27. The first-order valence-electron chi connectivity index (χ1n) is 10.6. The summed E-state index contributed by atoms with van der Waals surface area (Å²) in [4.78, 5) is 18.7. The molecule has 0 aliphatic carbocycles. The second kappa shape index (κ2) is 9.95. The molecule has 0 amide bonds.